The minimum Gasteiger partial charge on any atom is -0.393 e. The molecule has 0 radical (unpaired) electrons. The van der Waals surface area contributed by atoms with Gasteiger partial charge in [0, 0.05) is 4.91 Å². The van der Waals surface area contributed by atoms with Crippen molar-refractivity contribution in [3.63, 3.8) is 0 Å². The molecule has 0 aliphatic carbocycles. The number of anilines is 1. The van der Waals surface area contributed by atoms with Gasteiger partial charge in [-0.1, -0.05) is 5.11 Å². The molecule has 2 aromatic heterocycles. The van der Waals surface area contributed by atoms with Crippen molar-refractivity contribution in [3.8, 4) is 0 Å². The Morgan fingerprint density at radius 1 is 1.65 bits per heavy atom. The first-order valence-corrected chi connectivity index (χ1v) is 5.97. The molecule has 0 spiro atoms. The number of imidazole rings is 1. The molecule has 1 aliphatic rings. The highest BCUT2D eigenvalue weighted by molar-refractivity contribution is 5.70. The van der Waals surface area contributed by atoms with Crippen LogP contribution in [0.4, 0.5) is 5.95 Å². The molecule has 3 rings (SSSR count). The molecular weight excluding hydrogens is 264 g/mol. The number of aliphatic hydroxyl groups is 1. The van der Waals surface area contributed by atoms with E-state index in [0.29, 0.717) is 24.0 Å². The maximum Gasteiger partial charge on any atom is 0.222 e. The Labute approximate surface area is 112 Å². The highest BCUT2D eigenvalue weighted by atomic mass is 16.6. The standard InChI is InChI=1S/C10H12N8O2/c11-9-13-3-6-8(15-9)18(5-14-6)7-1-2-10(4-19,20-7)16-17-12/h3,5,7,19H,1-2,4H2,(H2,11,13,15)/t7-,10-/m0/s1. The number of fused-ring (bicyclic) bond motifs is 1. The van der Waals surface area contributed by atoms with Crippen LogP contribution in [-0.4, -0.2) is 37.0 Å². The number of nitrogen functional groups attached to an aromatic ring is 1. The third-order valence-electron chi connectivity index (χ3n) is 3.26. The molecular formula is C10H12N8O2. The zero-order valence-electron chi connectivity index (χ0n) is 10.4. The first-order valence-electron chi connectivity index (χ1n) is 5.97. The van der Waals surface area contributed by atoms with Crippen LogP contribution in [0.25, 0.3) is 21.6 Å². The van der Waals surface area contributed by atoms with Gasteiger partial charge in [0.25, 0.3) is 0 Å². The predicted molar refractivity (Wildman–Crippen MR) is 68.1 cm³/mol. The Bertz CT molecular complexity index is 694. The van der Waals surface area contributed by atoms with Crippen molar-refractivity contribution in [2.45, 2.75) is 24.8 Å². The van der Waals surface area contributed by atoms with E-state index in [2.05, 4.69) is 25.0 Å². The summed E-state index contributed by atoms with van der Waals surface area (Å²) in [6.07, 6.45) is 3.64. The summed E-state index contributed by atoms with van der Waals surface area (Å²) in [4.78, 5) is 14.9. The Kier molecular flexibility index (Phi) is 2.90. The van der Waals surface area contributed by atoms with E-state index in [1.165, 1.54) is 6.20 Å². The van der Waals surface area contributed by atoms with Crippen LogP contribution in [0.1, 0.15) is 19.1 Å². The first-order chi connectivity index (χ1) is 9.67. The molecule has 10 nitrogen and oxygen atoms in total. The van der Waals surface area contributed by atoms with Crippen LogP contribution in [0.5, 0.6) is 0 Å². The molecule has 1 fully saturated rings. The molecule has 0 saturated carbocycles. The van der Waals surface area contributed by atoms with Crippen LogP contribution in [0.15, 0.2) is 17.6 Å². The van der Waals surface area contributed by atoms with E-state index >= 15 is 0 Å². The van der Waals surface area contributed by atoms with E-state index in [0.717, 1.165) is 0 Å². The van der Waals surface area contributed by atoms with E-state index in [1.807, 2.05) is 0 Å². The maximum absolute atomic E-state index is 9.36. The van der Waals surface area contributed by atoms with Gasteiger partial charge in [0.1, 0.15) is 11.7 Å². The summed E-state index contributed by atoms with van der Waals surface area (Å²) < 4.78 is 7.37. The normalized spacial score (nSPS) is 25.8. The second-order valence-electron chi connectivity index (χ2n) is 4.49. The van der Waals surface area contributed by atoms with Crippen molar-refractivity contribution in [2.24, 2.45) is 5.11 Å². The van der Waals surface area contributed by atoms with E-state index in [1.54, 1.807) is 10.9 Å². The lowest BCUT2D eigenvalue weighted by atomic mass is 10.1. The van der Waals surface area contributed by atoms with Gasteiger partial charge in [-0.05, 0) is 18.4 Å². The number of azide groups is 1. The molecule has 2 aromatic rings. The summed E-state index contributed by atoms with van der Waals surface area (Å²) >= 11 is 0. The van der Waals surface area contributed by atoms with Crippen molar-refractivity contribution < 1.29 is 9.84 Å². The summed E-state index contributed by atoms with van der Waals surface area (Å²) in [5.41, 5.74) is 14.0. The number of hydrogen-bond acceptors (Lipinski definition) is 7. The lowest BCUT2D eigenvalue weighted by Gasteiger charge is -2.21. The number of rotatable bonds is 3. The third kappa shape index (κ3) is 1.92. The monoisotopic (exact) mass is 276 g/mol. The first kappa shape index (κ1) is 12.6. The number of aliphatic hydroxyl groups excluding tert-OH is 1. The van der Waals surface area contributed by atoms with Crippen molar-refractivity contribution in [1.82, 2.24) is 19.5 Å². The van der Waals surface area contributed by atoms with Crippen LogP contribution in [0.3, 0.4) is 0 Å². The lowest BCUT2D eigenvalue weighted by molar-refractivity contribution is -0.0925. The summed E-state index contributed by atoms with van der Waals surface area (Å²) in [5, 5.41) is 12.9. The molecule has 0 amide bonds. The average molecular weight is 276 g/mol. The van der Waals surface area contributed by atoms with Gasteiger partial charge >= 0.3 is 0 Å². The Balaban J connectivity index is 1.97. The number of aromatic nitrogens is 4. The summed E-state index contributed by atoms with van der Waals surface area (Å²) in [6.45, 7) is -0.378. The minimum absolute atomic E-state index is 0.140. The SMILES string of the molecule is [N-]=[N+]=N[C@@]1(CO)CC[C@@H](n2cnc3cnc(N)nc32)O1. The zero-order chi connectivity index (χ0) is 14.2. The van der Waals surface area contributed by atoms with E-state index in [-0.39, 0.29) is 12.6 Å². The molecule has 2 atom stereocenters. The Morgan fingerprint density at radius 3 is 3.25 bits per heavy atom. The second kappa shape index (κ2) is 4.60. The van der Waals surface area contributed by atoms with E-state index in [4.69, 9.17) is 16.0 Å². The maximum atomic E-state index is 9.36. The van der Waals surface area contributed by atoms with Gasteiger partial charge in [-0.25, -0.2) is 9.97 Å². The van der Waals surface area contributed by atoms with Gasteiger partial charge in [0.15, 0.2) is 11.4 Å². The molecule has 0 aromatic carbocycles. The molecule has 104 valence electrons. The van der Waals surface area contributed by atoms with Gasteiger partial charge in [0.2, 0.25) is 5.95 Å². The van der Waals surface area contributed by atoms with Crippen LogP contribution in [0, 0.1) is 0 Å². The average Bonchev–Trinajstić information content (AvgIpc) is 3.03. The molecule has 1 aliphatic heterocycles. The third-order valence-corrected chi connectivity index (χ3v) is 3.26. The van der Waals surface area contributed by atoms with Crippen LogP contribution < -0.4 is 5.73 Å². The van der Waals surface area contributed by atoms with E-state index in [9.17, 15) is 5.11 Å². The zero-order valence-corrected chi connectivity index (χ0v) is 10.4. The topological polar surface area (TPSA) is 148 Å². The summed E-state index contributed by atoms with van der Waals surface area (Å²) in [7, 11) is 0. The highest BCUT2D eigenvalue weighted by Crippen LogP contribution is 2.38. The van der Waals surface area contributed by atoms with Crippen molar-refractivity contribution in [2.75, 3.05) is 12.3 Å². The fraction of sp³-hybridized carbons (Fsp3) is 0.500. The summed E-state index contributed by atoms with van der Waals surface area (Å²) in [5.74, 6) is 0.140. The largest absolute Gasteiger partial charge is 0.393 e. The molecule has 10 heteroatoms. The Morgan fingerprint density at radius 2 is 2.50 bits per heavy atom. The molecule has 3 heterocycles. The fourth-order valence-electron chi connectivity index (χ4n) is 2.27. The molecule has 20 heavy (non-hydrogen) atoms. The van der Waals surface area contributed by atoms with Gasteiger partial charge in [-0.3, -0.25) is 4.57 Å². The lowest BCUT2D eigenvalue weighted by Crippen LogP contribution is -2.30. The van der Waals surface area contributed by atoms with Gasteiger partial charge < -0.3 is 15.6 Å². The van der Waals surface area contributed by atoms with Gasteiger partial charge in [0.05, 0.1) is 19.1 Å². The minimum atomic E-state index is -1.23. The Hall–Kier alpha value is -2.42. The second-order valence-corrected chi connectivity index (χ2v) is 4.49. The van der Waals surface area contributed by atoms with Crippen LogP contribution in [0.2, 0.25) is 0 Å². The smallest absolute Gasteiger partial charge is 0.222 e. The number of nitrogens with zero attached hydrogens (tertiary/aromatic N) is 7. The number of nitrogens with two attached hydrogens (primary N) is 1. The van der Waals surface area contributed by atoms with Crippen LogP contribution >= 0.6 is 0 Å². The molecule has 0 unspecified atom stereocenters. The van der Waals surface area contributed by atoms with Crippen molar-refractivity contribution in [1.29, 1.82) is 0 Å². The summed E-state index contributed by atoms with van der Waals surface area (Å²) in [6, 6.07) is 0. The molecule has 0 bridgehead atoms. The fourth-order valence-corrected chi connectivity index (χ4v) is 2.27. The number of hydrogen-bond donors (Lipinski definition) is 2. The predicted octanol–water partition coefficient (Wildman–Crippen LogP) is 0.716. The van der Waals surface area contributed by atoms with Gasteiger partial charge in [-0.15, -0.1) is 0 Å². The van der Waals surface area contributed by atoms with E-state index < -0.39 is 12.0 Å². The quantitative estimate of drug-likeness (QED) is 0.479. The molecule has 1 saturated heterocycles. The highest BCUT2D eigenvalue weighted by Gasteiger charge is 2.40. The van der Waals surface area contributed by atoms with Crippen molar-refractivity contribution >= 4 is 17.1 Å². The van der Waals surface area contributed by atoms with Gasteiger partial charge in [-0.2, -0.15) is 4.98 Å². The van der Waals surface area contributed by atoms with Crippen LogP contribution in [-0.2, 0) is 4.74 Å². The van der Waals surface area contributed by atoms with Crippen molar-refractivity contribution in [3.05, 3.63) is 23.0 Å². The number of ether oxygens (including phenoxy) is 1. The molecule has 3 N–H and O–H groups in total.